The van der Waals surface area contributed by atoms with Gasteiger partial charge in [-0.15, -0.1) is 10.2 Å². The summed E-state index contributed by atoms with van der Waals surface area (Å²) in [7, 11) is 1.91. The van der Waals surface area contributed by atoms with E-state index in [4.69, 9.17) is 0 Å². The number of hydrogen-bond donors (Lipinski definition) is 1. The molecule has 6 nitrogen and oxygen atoms in total. The average Bonchev–Trinajstić information content (AvgIpc) is 2.91. The zero-order valence-electron chi connectivity index (χ0n) is 10.8. The van der Waals surface area contributed by atoms with Crippen molar-refractivity contribution in [3.05, 3.63) is 35.6 Å². The van der Waals surface area contributed by atoms with Gasteiger partial charge < -0.3 is 0 Å². The molecule has 0 radical (unpaired) electrons. The average molecular weight is 277 g/mol. The number of amides is 1. The third-order valence-electron chi connectivity index (χ3n) is 2.85. The lowest BCUT2D eigenvalue weighted by Gasteiger charge is -2.24. The highest BCUT2D eigenvalue weighted by molar-refractivity contribution is 7.13. The Morgan fingerprint density at radius 1 is 1.47 bits per heavy atom. The van der Waals surface area contributed by atoms with Crippen LogP contribution in [0.3, 0.4) is 0 Å². The summed E-state index contributed by atoms with van der Waals surface area (Å²) in [5.41, 5.74) is 2.71. The van der Waals surface area contributed by atoms with Gasteiger partial charge in [0.2, 0.25) is 11.0 Å². The molecule has 0 unspecified atom stereocenters. The Morgan fingerprint density at radius 2 is 2.21 bits per heavy atom. The summed E-state index contributed by atoms with van der Waals surface area (Å²) in [6.07, 6.45) is 3.50. The Kier molecular flexibility index (Phi) is 4.53. The summed E-state index contributed by atoms with van der Waals surface area (Å²) < 4.78 is 0. The van der Waals surface area contributed by atoms with Gasteiger partial charge in [0.25, 0.3) is 0 Å². The van der Waals surface area contributed by atoms with Gasteiger partial charge in [-0.1, -0.05) is 11.3 Å². The van der Waals surface area contributed by atoms with E-state index in [0.29, 0.717) is 11.7 Å². The minimum Gasteiger partial charge on any atom is -0.299 e. The molecule has 0 saturated heterocycles. The van der Waals surface area contributed by atoms with Crippen LogP contribution < -0.4 is 5.32 Å². The molecule has 0 aliphatic rings. The molecule has 0 saturated carbocycles. The molecule has 19 heavy (non-hydrogen) atoms. The van der Waals surface area contributed by atoms with Crippen molar-refractivity contribution in [1.29, 1.82) is 0 Å². The molecule has 0 aliphatic carbocycles. The first kappa shape index (κ1) is 13.6. The lowest BCUT2D eigenvalue weighted by atomic mass is 10.1. The van der Waals surface area contributed by atoms with Crippen LogP contribution in [0.2, 0.25) is 0 Å². The molecule has 0 aromatic carbocycles. The van der Waals surface area contributed by atoms with E-state index in [9.17, 15) is 4.79 Å². The maximum Gasteiger partial charge on any atom is 0.240 e. The van der Waals surface area contributed by atoms with Crippen molar-refractivity contribution in [2.75, 3.05) is 18.9 Å². The number of aromatic nitrogens is 3. The van der Waals surface area contributed by atoms with Crippen molar-refractivity contribution in [3.8, 4) is 0 Å². The van der Waals surface area contributed by atoms with Gasteiger partial charge in [0.1, 0.15) is 5.51 Å². The van der Waals surface area contributed by atoms with Crippen LogP contribution in [0, 0.1) is 0 Å². The summed E-state index contributed by atoms with van der Waals surface area (Å²) in [5, 5.41) is 10.7. The van der Waals surface area contributed by atoms with E-state index in [-0.39, 0.29) is 11.9 Å². The fourth-order valence-corrected chi connectivity index (χ4v) is 2.11. The zero-order chi connectivity index (χ0) is 13.7. The van der Waals surface area contributed by atoms with E-state index >= 15 is 0 Å². The Hall–Kier alpha value is -1.86. The monoisotopic (exact) mass is 277 g/mol. The molecule has 2 rings (SSSR count). The quantitative estimate of drug-likeness (QED) is 0.898. The number of carbonyl (C=O) groups is 1. The maximum absolute atomic E-state index is 11.8. The molecule has 0 fully saturated rings. The number of hydrogen-bond acceptors (Lipinski definition) is 6. The standard InChI is InChI=1S/C12H15N5OS/c1-9(10-3-5-13-6-4-10)17(2)7-11(18)15-12-16-14-8-19-12/h3-6,8-9H,7H2,1-2H3,(H,15,16,18)/t9-/m1/s1. The Labute approximate surface area is 115 Å². The molecule has 1 atom stereocenters. The topological polar surface area (TPSA) is 71.0 Å². The van der Waals surface area contributed by atoms with E-state index in [1.165, 1.54) is 11.3 Å². The highest BCUT2D eigenvalue weighted by Gasteiger charge is 2.15. The Morgan fingerprint density at radius 3 is 2.84 bits per heavy atom. The number of nitrogens with one attached hydrogen (secondary N) is 1. The van der Waals surface area contributed by atoms with Gasteiger partial charge in [-0.2, -0.15) is 0 Å². The van der Waals surface area contributed by atoms with Gasteiger partial charge in [-0.05, 0) is 31.7 Å². The van der Waals surface area contributed by atoms with Crippen LogP contribution in [0.1, 0.15) is 18.5 Å². The van der Waals surface area contributed by atoms with Gasteiger partial charge in [-0.3, -0.25) is 20.0 Å². The third kappa shape index (κ3) is 3.80. The minimum absolute atomic E-state index is 0.0971. The van der Waals surface area contributed by atoms with Crippen LogP contribution in [0.15, 0.2) is 30.0 Å². The number of nitrogens with zero attached hydrogens (tertiary/aromatic N) is 4. The molecule has 2 heterocycles. The molecule has 2 aromatic heterocycles. The second-order valence-corrected chi connectivity index (χ2v) is 5.00. The van der Waals surface area contributed by atoms with Crippen molar-refractivity contribution in [2.24, 2.45) is 0 Å². The number of rotatable bonds is 5. The molecule has 1 amide bonds. The summed E-state index contributed by atoms with van der Waals surface area (Å²) in [6, 6.07) is 4.04. The number of pyridine rings is 1. The summed E-state index contributed by atoms with van der Waals surface area (Å²) >= 11 is 1.30. The summed E-state index contributed by atoms with van der Waals surface area (Å²) in [5.74, 6) is -0.0971. The smallest absolute Gasteiger partial charge is 0.240 e. The SMILES string of the molecule is C[C@H](c1ccncc1)N(C)CC(=O)Nc1nncs1. The molecular weight excluding hydrogens is 262 g/mol. The highest BCUT2D eigenvalue weighted by atomic mass is 32.1. The third-order valence-corrected chi connectivity index (χ3v) is 3.46. The van der Waals surface area contributed by atoms with Crippen LogP contribution in [0.5, 0.6) is 0 Å². The lowest BCUT2D eigenvalue weighted by molar-refractivity contribution is -0.117. The minimum atomic E-state index is -0.0971. The van der Waals surface area contributed by atoms with E-state index in [2.05, 4.69) is 20.5 Å². The fourth-order valence-electron chi connectivity index (χ4n) is 1.65. The fraction of sp³-hybridized carbons (Fsp3) is 0.333. The lowest BCUT2D eigenvalue weighted by Crippen LogP contribution is -2.32. The first-order valence-electron chi connectivity index (χ1n) is 5.83. The largest absolute Gasteiger partial charge is 0.299 e. The van der Waals surface area contributed by atoms with Gasteiger partial charge in [0.05, 0.1) is 6.54 Å². The van der Waals surface area contributed by atoms with E-state index < -0.39 is 0 Å². The van der Waals surface area contributed by atoms with Crippen molar-refractivity contribution >= 4 is 22.4 Å². The first-order valence-corrected chi connectivity index (χ1v) is 6.71. The second-order valence-electron chi connectivity index (χ2n) is 4.16. The van der Waals surface area contributed by atoms with Crippen molar-refractivity contribution in [2.45, 2.75) is 13.0 Å². The highest BCUT2D eigenvalue weighted by Crippen LogP contribution is 2.17. The van der Waals surface area contributed by atoms with Crippen LogP contribution in [0.25, 0.3) is 0 Å². The van der Waals surface area contributed by atoms with E-state index in [0.717, 1.165) is 5.56 Å². The number of likely N-dealkylation sites (N-methyl/N-ethyl adjacent to an activating group) is 1. The van der Waals surface area contributed by atoms with Crippen molar-refractivity contribution < 1.29 is 4.79 Å². The molecule has 0 aliphatic heterocycles. The normalized spacial score (nSPS) is 12.4. The van der Waals surface area contributed by atoms with Crippen LogP contribution >= 0.6 is 11.3 Å². The van der Waals surface area contributed by atoms with E-state index in [1.54, 1.807) is 17.9 Å². The maximum atomic E-state index is 11.8. The van der Waals surface area contributed by atoms with E-state index in [1.807, 2.05) is 31.0 Å². The van der Waals surface area contributed by atoms with Gasteiger partial charge in [0.15, 0.2) is 0 Å². The zero-order valence-corrected chi connectivity index (χ0v) is 11.6. The van der Waals surface area contributed by atoms with Gasteiger partial charge >= 0.3 is 0 Å². The number of carbonyl (C=O) groups excluding carboxylic acids is 1. The van der Waals surface area contributed by atoms with Crippen LogP contribution in [0.4, 0.5) is 5.13 Å². The molecule has 100 valence electrons. The molecule has 1 N–H and O–H groups in total. The molecule has 0 bridgehead atoms. The van der Waals surface area contributed by atoms with Crippen LogP contribution in [-0.4, -0.2) is 39.6 Å². The summed E-state index contributed by atoms with van der Waals surface area (Å²) in [6.45, 7) is 2.34. The Bertz CT molecular complexity index is 516. The van der Waals surface area contributed by atoms with Crippen molar-refractivity contribution in [1.82, 2.24) is 20.1 Å². The molecule has 7 heteroatoms. The Balaban J connectivity index is 1.90. The number of anilines is 1. The predicted molar refractivity (Wildman–Crippen MR) is 73.8 cm³/mol. The van der Waals surface area contributed by atoms with Crippen molar-refractivity contribution in [3.63, 3.8) is 0 Å². The molecular formula is C12H15N5OS. The van der Waals surface area contributed by atoms with Gasteiger partial charge in [0, 0.05) is 18.4 Å². The molecule has 2 aromatic rings. The first-order chi connectivity index (χ1) is 9.16. The molecule has 0 spiro atoms. The van der Waals surface area contributed by atoms with Gasteiger partial charge in [-0.25, -0.2) is 0 Å². The summed E-state index contributed by atoms with van der Waals surface area (Å²) in [4.78, 5) is 17.8. The van der Waals surface area contributed by atoms with Crippen LogP contribution in [-0.2, 0) is 4.79 Å². The second kappa shape index (κ2) is 6.35. The predicted octanol–water partition coefficient (Wildman–Crippen LogP) is 1.56.